The van der Waals surface area contributed by atoms with Crippen LogP contribution in [0.2, 0.25) is 0 Å². The van der Waals surface area contributed by atoms with Crippen molar-refractivity contribution in [2.24, 2.45) is 5.16 Å². The van der Waals surface area contributed by atoms with Gasteiger partial charge in [0.15, 0.2) is 10.8 Å². The number of rotatable bonds is 18. The van der Waals surface area contributed by atoms with E-state index >= 15 is 0 Å². The first-order valence-electron chi connectivity index (χ1n) is 24.3. The normalized spacial score (nSPS) is 16.7. The van der Waals surface area contributed by atoms with Crippen molar-refractivity contribution >= 4 is 69.6 Å². The van der Waals surface area contributed by atoms with E-state index in [2.05, 4.69) is 52.2 Å². The van der Waals surface area contributed by atoms with Crippen molar-refractivity contribution in [3.05, 3.63) is 184 Å². The quantitative estimate of drug-likeness (QED) is 0.0147. The lowest BCUT2D eigenvalue weighted by Crippen LogP contribution is -3.00. The average Bonchev–Trinajstić information content (AvgIpc) is 4.13. The maximum atomic E-state index is 14.3. The largest absolute Gasteiger partial charge is 1.00 e. The van der Waals surface area contributed by atoms with Gasteiger partial charge in [0.25, 0.3) is 11.8 Å². The number of nitrogens with one attached hydrogen (secondary N) is 2. The van der Waals surface area contributed by atoms with Gasteiger partial charge in [-0.1, -0.05) is 131 Å². The number of anilines is 1. The number of thioether (sulfide) groups is 2. The highest BCUT2D eigenvalue weighted by atomic mass is 127. The van der Waals surface area contributed by atoms with E-state index in [0.717, 1.165) is 52.8 Å². The summed E-state index contributed by atoms with van der Waals surface area (Å²) >= 11 is 4.25. The van der Waals surface area contributed by atoms with Crippen LogP contribution in [0.4, 0.5) is 9.93 Å². The fourth-order valence-electron chi connectivity index (χ4n) is 9.31. The highest BCUT2D eigenvalue weighted by Crippen LogP contribution is 2.43. The van der Waals surface area contributed by atoms with E-state index in [1.54, 1.807) is 34.3 Å². The molecule has 3 amide bonds. The molecule has 2 aliphatic heterocycles. The van der Waals surface area contributed by atoms with Crippen LogP contribution in [0.15, 0.2) is 166 Å². The van der Waals surface area contributed by atoms with Crippen LogP contribution in [0.25, 0.3) is 0 Å². The van der Waals surface area contributed by atoms with E-state index in [9.17, 15) is 19.2 Å². The topological polar surface area (TPSA) is 165 Å². The van der Waals surface area contributed by atoms with Gasteiger partial charge in [-0.25, -0.2) is 14.6 Å². The second-order valence-electron chi connectivity index (χ2n) is 18.8. The summed E-state index contributed by atoms with van der Waals surface area (Å²) in [4.78, 5) is 68.7. The van der Waals surface area contributed by atoms with Crippen molar-refractivity contribution in [1.29, 1.82) is 0 Å². The molecule has 0 bridgehead atoms. The third kappa shape index (κ3) is 12.3. The van der Waals surface area contributed by atoms with E-state index in [-0.39, 0.29) is 53.7 Å². The molecule has 390 valence electrons. The minimum atomic E-state index is -0.997. The molecule has 6 aromatic rings. The Bertz CT molecular complexity index is 2910. The van der Waals surface area contributed by atoms with Crippen LogP contribution >= 0.6 is 34.9 Å². The maximum absolute atomic E-state index is 14.3. The van der Waals surface area contributed by atoms with E-state index < -0.39 is 46.4 Å². The summed E-state index contributed by atoms with van der Waals surface area (Å²) in [5.74, 6) is -0.388. The molecule has 2 N–H and O–H groups in total. The van der Waals surface area contributed by atoms with Gasteiger partial charge in [0.05, 0.1) is 13.2 Å². The minimum Gasteiger partial charge on any atom is -1.00 e. The van der Waals surface area contributed by atoms with E-state index in [1.165, 1.54) is 46.9 Å². The molecule has 2 atom stereocenters. The molecule has 4 aromatic carbocycles. The lowest BCUT2D eigenvalue weighted by atomic mass is 9.77. The second kappa shape index (κ2) is 24.5. The number of ether oxygens (including phenoxy) is 3. The molecule has 4 heterocycles. The summed E-state index contributed by atoms with van der Waals surface area (Å²) in [6.07, 6.45) is 7.15. The zero-order valence-electron chi connectivity index (χ0n) is 42.1. The number of halogens is 1. The monoisotopic (exact) mass is 1180 g/mol. The van der Waals surface area contributed by atoms with Crippen molar-refractivity contribution in [2.45, 2.75) is 86.6 Å². The number of methoxy groups -OCH3 is 1. The van der Waals surface area contributed by atoms with Crippen LogP contribution in [-0.4, -0.2) is 88.3 Å². The summed E-state index contributed by atoms with van der Waals surface area (Å²) in [5.41, 5.74) is 3.12. The maximum Gasteiger partial charge on any atom is 0.464 e. The molecular formula is C56H58IN7O8S3. The van der Waals surface area contributed by atoms with Crippen LogP contribution in [0.1, 0.15) is 74.4 Å². The zero-order valence-corrected chi connectivity index (χ0v) is 46.7. The molecule has 0 spiro atoms. The molecule has 0 unspecified atom stereocenters. The Kier molecular flexibility index (Phi) is 17.9. The fourth-order valence-corrected chi connectivity index (χ4v) is 12.4. The van der Waals surface area contributed by atoms with E-state index in [4.69, 9.17) is 24.0 Å². The summed E-state index contributed by atoms with van der Waals surface area (Å²) in [7, 11) is 2.92. The molecule has 15 nitrogen and oxygen atoms in total. The Morgan fingerprint density at radius 3 is 2.01 bits per heavy atom. The Balaban J connectivity index is 0.00000747. The Morgan fingerprint density at radius 1 is 0.853 bits per heavy atom. The summed E-state index contributed by atoms with van der Waals surface area (Å²) in [6, 6.07) is 40.3. The number of carbonyl (C=O) groups excluding carboxylic acids is 4. The lowest BCUT2D eigenvalue weighted by molar-refractivity contribution is -0.688. The first-order chi connectivity index (χ1) is 35.9. The number of pyridine rings is 1. The van der Waals surface area contributed by atoms with Crippen LogP contribution in [0.5, 0.6) is 5.75 Å². The fraction of sp³-hybridized carbons (Fsp3) is 0.304. The van der Waals surface area contributed by atoms with Gasteiger partial charge in [-0.05, 0) is 73.6 Å². The predicted octanol–water partition coefficient (Wildman–Crippen LogP) is 6.20. The number of benzene rings is 4. The highest BCUT2D eigenvalue weighted by Gasteiger charge is 2.55. The first-order valence-corrected chi connectivity index (χ1v) is 27.2. The third-order valence-corrected chi connectivity index (χ3v) is 16.0. The molecule has 3 aliphatic rings. The molecule has 2 aromatic heterocycles. The Labute approximate surface area is 466 Å². The number of hydrogen-bond donors (Lipinski definition) is 2. The van der Waals surface area contributed by atoms with Crippen molar-refractivity contribution < 1.29 is 66.9 Å². The summed E-state index contributed by atoms with van der Waals surface area (Å²) < 4.78 is 18.8. The van der Waals surface area contributed by atoms with Gasteiger partial charge < -0.3 is 53.7 Å². The molecule has 2 fully saturated rings. The van der Waals surface area contributed by atoms with Crippen molar-refractivity contribution in [2.75, 3.05) is 36.1 Å². The number of oxime groups is 1. The van der Waals surface area contributed by atoms with Gasteiger partial charge >= 0.3 is 12.1 Å². The highest BCUT2D eigenvalue weighted by molar-refractivity contribution is 8.01. The van der Waals surface area contributed by atoms with E-state index in [0.29, 0.717) is 28.0 Å². The van der Waals surface area contributed by atoms with Crippen molar-refractivity contribution in [3.63, 3.8) is 0 Å². The molecular weight excluding hydrogens is 1120 g/mol. The van der Waals surface area contributed by atoms with Crippen LogP contribution in [0, 0.1) is 0 Å². The van der Waals surface area contributed by atoms with Crippen LogP contribution < -0.4 is 49.0 Å². The first kappa shape index (κ1) is 54.8. The van der Waals surface area contributed by atoms with Gasteiger partial charge in [0.1, 0.15) is 53.4 Å². The minimum absolute atomic E-state index is 0. The van der Waals surface area contributed by atoms with Crippen LogP contribution in [-0.2, 0) is 40.8 Å². The smallest absolute Gasteiger partial charge is 0.464 e. The third-order valence-electron chi connectivity index (χ3n) is 12.8. The molecule has 1 aliphatic carbocycles. The number of thiazole rings is 1. The molecule has 9 rings (SSSR count). The summed E-state index contributed by atoms with van der Waals surface area (Å²) in [5, 5.41) is 14.1. The van der Waals surface area contributed by atoms with E-state index in [1.807, 2.05) is 112 Å². The molecule has 19 heteroatoms. The molecule has 75 heavy (non-hydrogen) atoms. The number of fused-ring (bicyclic) bond motifs is 1. The number of nitrogens with zero attached hydrogens (tertiary/aromatic N) is 5. The molecule has 0 radical (unpaired) electrons. The average molecular weight is 1180 g/mol. The number of hydrogen-bond acceptors (Lipinski definition) is 14. The van der Waals surface area contributed by atoms with Crippen molar-refractivity contribution in [1.82, 2.24) is 15.2 Å². The summed E-state index contributed by atoms with van der Waals surface area (Å²) in [6.45, 7) is 5.53. The van der Waals surface area contributed by atoms with Gasteiger partial charge in [0, 0.05) is 33.9 Å². The number of aromatic nitrogens is 2. The van der Waals surface area contributed by atoms with Gasteiger partial charge in [0.2, 0.25) is 12.4 Å². The van der Waals surface area contributed by atoms with Gasteiger partial charge in [-0.15, -0.1) is 34.9 Å². The number of amides is 3. The lowest BCUT2D eigenvalue weighted by Gasteiger charge is -2.49. The van der Waals surface area contributed by atoms with Gasteiger partial charge in [-0.3, -0.25) is 14.5 Å². The predicted molar refractivity (Wildman–Crippen MR) is 287 cm³/mol. The number of β-lactam (4-membered cyclic amide) rings is 1. The molecule has 1 saturated carbocycles. The second-order valence-corrected chi connectivity index (χ2v) is 21.8. The SMILES string of the molecule is CO/N=C(\C(=O)N[C@@H]1C(=O)N2C(C(=O)OCc3ccc(OC)cc3)=C(CSc3cc[n+](N(C(=O)OC(C)(C)C)C4CCCC4)cc3)CS[C@H]12)c1csc(NC(c2ccccc2)(c2ccccc2)c2ccccc2)n1.[I-]. The number of esters is 1. The Morgan fingerprint density at radius 2 is 1.45 bits per heavy atom. The standard InChI is InChI=1S/C56H57N7O8S3.HI/c1-55(2,3)71-54(67)63(42-23-15-16-24-42)61-31-29-44(30-32-61)72-34-38-35-73-51-47(50(65)62(51)48(38)52(66)70-33-37-25-27-43(68-4)28-26-37)58-49(64)46(60-69-5)45-36-74-53(57-45)59-56(39-17-9-6-10-18-39,40-19-11-7-12-20-40)41-21-13-8-14-22-41;/h6-14,17-22,25-32,36,42,47,51H,15-16,23-24,33-35H2,1-5H3,(H-,57,58,59,64);1H/b60-46-;/t47-,51-;/m1./s1. The number of carbonyl (C=O) groups is 4. The Hall–Kier alpha value is -6.42. The van der Waals surface area contributed by atoms with Gasteiger partial charge in [-0.2, -0.15) is 0 Å². The molecule has 1 saturated heterocycles. The van der Waals surface area contributed by atoms with Crippen molar-refractivity contribution in [3.8, 4) is 5.75 Å². The zero-order chi connectivity index (χ0) is 51.8. The van der Waals surface area contributed by atoms with Crippen LogP contribution in [0.3, 0.4) is 0 Å².